The summed E-state index contributed by atoms with van der Waals surface area (Å²) in [5.74, 6) is -1.83. The van der Waals surface area contributed by atoms with Gasteiger partial charge >= 0.3 is 21.7 Å². The molecule has 0 radical (unpaired) electrons. The van der Waals surface area contributed by atoms with Crippen LogP contribution in [0.3, 0.4) is 0 Å². The number of benzene rings is 2. The van der Waals surface area contributed by atoms with Crippen molar-refractivity contribution in [2.24, 2.45) is 24.3 Å². The van der Waals surface area contributed by atoms with E-state index in [0.29, 0.717) is 0 Å². The van der Waals surface area contributed by atoms with Gasteiger partial charge < -0.3 is 17.0 Å². The van der Waals surface area contributed by atoms with E-state index in [1.165, 1.54) is 12.4 Å². The number of amides is 2. The van der Waals surface area contributed by atoms with E-state index in [1.807, 2.05) is 85.8 Å². The summed E-state index contributed by atoms with van der Waals surface area (Å²) in [4.78, 5) is 26.4. The molecule has 2 N–H and O–H groups in total. The lowest BCUT2D eigenvalue weighted by Gasteiger charge is -2.00. The van der Waals surface area contributed by atoms with Gasteiger partial charge in [-0.2, -0.15) is 19.0 Å². The topological polar surface area (TPSA) is 101 Å². The number of carbonyl (C=O) groups is 2. The fourth-order valence-corrected chi connectivity index (χ4v) is 5.97. The molecule has 6 aromatic rings. The number of halogens is 1. The van der Waals surface area contributed by atoms with Crippen LogP contribution < -0.4 is 36.6 Å². The number of rotatable bonds is 6. The van der Waals surface area contributed by atoms with Gasteiger partial charge in [-0.15, -0.1) is 0 Å². The molecule has 0 aliphatic rings. The molecule has 41 heavy (non-hydrogen) atoms. The SMILES string of the molecule is Cn1c(-c2ccc(C=NNC(=O)C(=O)NN=Cc3ccc(-c4c[n+]5ccsc5n4C)cc3)cc2)c[n+]2ccsc12.[Br-]. The quantitative estimate of drug-likeness (QED) is 0.114. The first-order chi connectivity index (χ1) is 19.5. The third kappa shape index (κ3) is 5.73. The van der Waals surface area contributed by atoms with Crippen LogP contribution >= 0.6 is 22.7 Å². The molecule has 6 rings (SSSR count). The highest BCUT2D eigenvalue weighted by Gasteiger charge is 2.18. The van der Waals surface area contributed by atoms with Gasteiger partial charge in [-0.1, -0.05) is 46.9 Å². The number of carbonyl (C=O) groups excluding carboxylic acids is 2. The summed E-state index contributed by atoms with van der Waals surface area (Å²) in [6.45, 7) is 0. The van der Waals surface area contributed by atoms with Crippen molar-refractivity contribution in [2.75, 3.05) is 0 Å². The summed E-state index contributed by atoms with van der Waals surface area (Å²) < 4.78 is 8.44. The Morgan fingerprint density at radius 2 is 1.10 bits per heavy atom. The van der Waals surface area contributed by atoms with Gasteiger partial charge in [0.2, 0.25) is 0 Å². The average Bonchev–Trinajstić information content (AvgIpc) is 3.74. The van der Waals surface area contributed by atoms with Crippen LogP contribution in [0.25, 0.3) is 32.4 Å². The molecule has 0 atom stereocenters. The van der Waals surface area contributed by atoms with Crippen molar-refractivity contribution in [3.63, 3.8) is 0 Å². The van der Waals surface area contributed by atoms with Crippen LogP contribution in [0.2, 0.25) is 0 Å². The Bertz CT molecular complexity index is 1770. The molecule has 2 aromatic carbocycles. The zero-order valence-electron chi connectivity index (χ0n) is 21.9. The minimum Gasteiger partial charge on any atom is -1.00 e. The van der Waals surface area contributed by atoms with Gasteiger partial charge in [-0.05, 0) is 35.4 Å². The highest BCUT2D eigenvalue weighted by molar-refractivity contribution is 7.14. The molecule has 206 valence electrons. The monoisotopic (exact) mass is 647 g/mol. The van der Waals surface area contributed by atoms with Gasteiger partial charge in [0, 0.05) is 21.9 Å². The standard InChI is InChI=1S/C28H22N8O2S2.BrH/c1-33-23(17-35-11-13-39-27(33)35)21-7-3-19(4-8-21)15-29-31-25(37)26(38)32-30-16-20-5-9-22(10-6-20)24-18-36-12-14-40-28(36)34(24)2;/h3-18H,1-2H3;1H/p+1. The van der Waals surface area contributed by atoms with E-state index in [-0.39, 0.29) is 17.0 Å². The lowest BCUT2D eigenvalue weighted by atomic mass is 10.1. The molecule has 0 saturated heterocycles. The molecule has 0 fully saturated rings. The molecule has 4 heterocycles. The van der Waals surface area contributed by atoms with Gasteiger partial charge in [0.1, 0.15) is 24.8 Å². The first-order valence-electron chi connectivity index (χ1n) is 12.2. The Labute approximate surface area is 253 Å². The van der Waals surface area contributed by atoms with Crippen LogP contribution in [0, 0.1) is 0 Å². The maximum absolute atomic E-state index is 12.1. The number of nitrogens with zero attached hydrogens (tertiary/aromatic N) is 6. The summed E-state index contributed by atoms with van der Waals surface area (Å²) in [6.07, 6.45) is 11.2. The summed E-state index contributed by atoms with van der Waals surface area (Å²) >= 11 is 3.35. The van der Waals surface area contributed by atoms with E-state index in [2.05, 4.69) is 51.4 Å². The number of aromatic nitrogens is 4. The Hall–Kier alpha value is -4.46. The second kappa shape index (κ2) is 12.0. The number of aryl methyl sites for hydroxylation is 2. The Kier molecular flexibility index (Phi) is 8.19. The summed E-state index contributed by atoms with van der Waals surface area (Å²) in [7, 11) is 4.06. The Morgan fingerprint density at radius 1 is 0.707 bits per heavy atom. The third-order valence-electron chi connectivity index (χ3n) is 6.43. The van der Waals surface area contributed by atoms with Crippen molar-refractivity contribution in [1.29, 1.82) is 0 Å². The minimum absolute atomic E-state index is 0. The highest BCUT2D eigenvalue weighted by Crippen LogP contribution is 2.22. The smallest absolute Gasteiger partial charge is 0.345 e. The van der Waals surface area contributed by atoms with Gasteiger partial charge in [-0.25, -0.2) is 20.0 Å². The lowest BCUT2D eigenvalue weighted by Crippen LogP contribution is -3.00. The number of thiazole rings is 2. The van der Waals surface area contributed by atoms with Crippen molar-refractivity contribution in [3.05, 3.63) is 95.2 Å². The molecular weight excluding hydrogens is 624 g/mol. The number of hydrogen-bond donors (Lipinski definition) is 2. The fraction of sp³-hybridized carbons (Fsp3) is 0.0714. The first-order valence-corrected chi connectivity index (χ1v) is 14.0. The molecule has 0 bridgehead atoms. The van der Waals surface area contributed by atoms with Crippen LogP contribution in [0.5, 0.6) is 0 Å². The molecule has 10 nitrogen and oxygen atoms in total. The number of imidazole rings is 2. The van der Waals surface area contributed by atoms with Crippen LogP contribution in [0.15, 0.2) is 94.3 Å². The normalized spacial score (nSPS) is 11.5. The molecule has 0 spiro atoms. The molecular formula is C28H24BrN8O2S2+. The van der Waals surface area contributed by atoms with Crippen molar-refractivity contribution < 1.29 is 35.4 Å². The molecule has 0 aliphatic heterocycles. The van der Waals surface area contributed by atoms with E-state index in [1.54, 1.807) is 22.7 Å². The maximum Gasteiger partial charge on any atom is 0.345 e. The summed E-state index contributed by atoms with van der Waals surface area (Å²) in [5.41, 5.74) is 10.3. The minimum atomic E-state index is -0.914. The number of fused-ring (bicyclic) bond motifs is 2. The van der Waals surface area contributed by atoms with E-state index < -0.39 is 11.8 Å². The first kappa shape index (κ1) is 28.1. The second-order valence-corrected chi connectivity index (χ2v) is 10.7. The third-order valence-corrected chi connectivity index (χ3v) is 8.34. The van der Waals surface area contributed by atoms with Crippen LogP contribution in [0.1, 0.15) is 11.1 Å². The maximum atomic E-state index is 12.1. The largest absolute Gasteiger partial charge is 1.00 e. The lowest BCUT2D eigenvalue weighted by molar-refractivity contribution is -0.505. The van der Waals surface area contributed by atoms with Crippen molar-refractivity contribution in [2.45, 2.75) is 0 Å². The van der Waals surface area contributed by atoms with E-state index >= 15 is 0 Å². The fourth-order valence-electron chi connectivity index (χ4n) is 4.36. The number of nitrogens with one attached hydrogen (secondary N) is 2. The van der Waals surface area contributed by atoms with E-state index in [4.69, 9.17) is 0 Å². The summed E-state index contributed by atoms with van der Waals surface area (Å²) in [6, 6.07) is 15.5. The van der Waals surface area contributed by atoms with Crippen LogP contribution in [-0.2, 0) is 23.7 Å². The molecule has 0 aliphatic carbocycles. The molecule has 2 amide bonds. The van der Waals surface area contributed by atoms with Crippen LogP contribution in [-0.4, -0.2) is 33.4 Å². The molecule has 13 heteroatoms. The number of hydrazone groups is 2. The van der Waals surface area contributed by atoms with Crippen LogP contribution in [0.4, 0.5) is 0 Å². The zero-order valence-corrected chi connectivity index (χ0v) is 25.2. The van der Waals surface area contributed by atoms with Gasteiger partial charge in [0.25, 0.3) is 0 Å². The summed E-state index contributed by atoms with van der Waals surface area (Å²) in [5, 5.41) is 11.9. The van der Waals surface area contributed by atoms with Gasteiger partial charge in [-0.3, -0.25) is 9.59 Å². The Morgan fingerprint density at radius 3 is 1.46 bits per heavy atom. The van der Waals surface area contributed by atoms with Gasteiger partial charge in [0.15, 0.2) is 11.4 Å². The molecule has 4 aromatic heterocycles. The van der Waals surface area contributed by atoms with E-state index in [0.717, 1.165) is 43.6 Å². The Balaban J connectivity index is 0.00000337. The van der Waals surface area contributed by atoms with Gasteiger partial charge in [0.05, 0.1) is 26.5 Å². The molecule has 0 saturated carbocycles. The predicted octanol–water partition coefficient (Wildman–Crippen LogP) is -0.0976. The molecule has 0 unspecified atom stereocenters. The average molecular weight is 649 g/mol. The van der Waals surface area contributed by atoms with E-state index in [9.17, 15) is 9.59 Å². The van der Waals surface area contributed by atoms with Crippen molar-refractivity contribution >= 4 is 56.8 Å². The highest BCUT2D eigenvalue weighted by atomic mass is 79.9. The number of hydrogen-bond acceptors (Lipinski definition) is 6. The second-order valence-electron chi connectivity index (χ2n) is 8.97. The van der Waals surface area contributed by atoms with Crippen molar-refractivity contribution in [3.8, 4) is 22.5 Å². The zero-order chi connectivity index (χ0) is 27.6. The predicted molar refractivity (Wildman–Crippen MR) is 155 cm³/mol. The van der Waals surface area contributed by atoms with Crippen molar-refractivity contribution in [1.82, 2.24) is 20.0 Å².